The number of hydrogen-bond donors (Lipinski definition) is 1. The second kappa shape index (κ2) is 6.41. The predicted molar refractivity (Wildman–Crippen MR) is 113 cm³/mol. The van der Waals surface area contributed by atoms with Gasteiger partial charge in [0, 0.05) is 23.1 Å². The van der Waals surface area contributed by atoms with E-state index in [2.05, 4.69) is 72.0 Å². The lowest BCUT2D eigenvalue weighted by molar-refractivity contribution is 0.183. The van der Waals surface area contributed by atoms with Gasteiger partial charge in [-0.15, -0.1) is 0 Å². The van der Waals surface area contributed by atoms with Crippen LogP contribution in [0.2, 0.25) is 0 Å². The summed E-state index contributed by atoms with van der Waals surface area (Å²) in [6, 6.07) is 24.7. The smallest absolute Gasteiger partial charge is 0.124 e. The SMILES string of the molecule is c1ccc(C2c3ccc4c(c3NC3c5ccccc5OCC32)CCCC4)cc1. The van der Waals surface area contributed by atoms with Crippen LogP contribution in [-0.4, -0.2) is 6.61 Å². The van der Waals surface area contributed by atoms with Crippen LogP contribution in [0.25, 0.3) is 0 Å². The summed E-state index contributed by atoms with van der Waals surface area (Å²) < 4.78 is 6.23. The van der Waals surface area contributed by atoms with Gasteiger partial charge in [0.25, 0.3) is 0 Å². The van der Waals surface area contributed by atoms with Gasteiger partial charge < -0.3 is 10.1 Å². The summed E-state index contributed by atoms with van der Waals surface area (Å²) in [5.74, 6) is 1.80. The average molecular weight is 367 g/mol. The Morgan fingerprint density at radius 1 is 0.786 bits per heavy atom. The van der Waals surface area contributed by atoms with Crippen molar-refractivity contribution in [3.8, 4) is 5.75 Å². The van der Waals surface area contributed by atoms with Gasteiger partial charge in [0.05, 0.1) is 12.6 Å². The zero-order valence-corrected chi connectivity index (χ0v) is 16.0. The molecule has 3 aromatic rings. The highest BCUT2D eigenvalue weighted by atomic mass is 16.5. The van der Waals surface area contributed by atoms with Crippen LogP contribution >= 0.6 is 0 Å². The molecular formula is C26H25NO. The van der Waals surface area contributed by atoms with E-state index in [4.69, 9.17) is 4.74 Å². The highest BCUT2D eigenvalue weighted by Gasteiger charge is 2.43. The van der Waals surface area contributed by atoms with Gasteiger partial charge in [-0.1, -0.05) is 60.7 Å². The molecule has 0 spiro atoms. The Balaban J connectivity index is 1.57. The van der Waals surface area contributed by atoms with E-state index >= 15 is 0 Å². The second-order valence-electron chi connectivity index (χ2n) is 8.40. The number of rotatable bonds is 1. The summed E-state index contributed by atoms with van der Waals surface area (Å²) >= 11 is 0. The van der Waals surface area contributed by atoms with Crippen molar-refractivity contribution in [2.75, 3.05) is 11.9 Å². The molecule has 0 fully saturated rings. The molecule has 0 amide bonds. The van der Waals surface area contributed by atoms with E-state index in [0.29, 0.717) is 17.9 Å². The highest BCUT2D eigenvalue weighted by Crippen LogP contribution is 2.53. The van der Waals surface area contributed by atoms with Crippen LogP contribution in [0.3, 0.4) is 0 Å². The van der Waals surface area contributed by atoms with Crippen LogP contribution in [0.15, 0.2) is 66.7 Å². The summed E-state index contributed by atoms with van der Waals surface area (Å²) in [4.78, 5) is 0. The molecule has 0 radical (unpaired) electrons. The Bertz CT molecular complexity index is 1030. The van der Waals surface area contributed by atoms with Gasteiger partial charge in [0.1, 0.15) is 5.75 Å². The van der Waals surface area contributed by atoms with Gasteiger partial charge in [0.2, 0.25) is 0 Å². The molecule has 2 aliphatic heterocycles. The van der Waals surface area contributed by atoms with Crippen LogP contribution in [0, 0.1) is 5.92 Å². The van der Waals surface area contributed by atoms with Crippen molar-refractivity contribution in [2.24, 2.45) is 5.92 Å². The van der Waals surface area contributed by atoms with Gasteiger partial charge >= 0.3 is 0 Å². The molecule has 3 unspecified atom stereocenters. The molecule has 3 atom stereocenters. The van der Waals surface area contributed by atoms with Crippen molar-refractivity contribution in [2.45, 2.75) is 37.6 Å². The zero-order valence-electron chi connectivity index (χ0n) is 16.0. The number of fused-ring (bicyclic) bond motifs is 6. The second-order valence-corrected chi connectivity index (χ2v) is 8.40. The molecule has 2 heteroatoms. The molecule has 1 aliphatic carbocycles. The standard InChI is InChI=1S/C26H25NO/c1-2-9-18(10-3-1)24-21-15-14-17-8-4-5-11-19(17)25(21)27-26-20-12-6-7-13-23(20)28-16-22(24)26/h1-3,6-7,9-10,12-15,22,24,26-27H,4-5,8,11,16H2. The van der Waals surface area contributed by atoms with Gasteiger partial charge in [-0.25, -0.2) is 0 Å². The number of nitrogens with one attached hydrogen (secondary N) is 1. The maximum atomic E-state index is 6.23. The third-order valence-electron chi connectivity index (χ3n) is 6.90. The molecule has 2 nitrogen and oxygen atoms in total. The molecule has 0 saturated carbocycles. The van der Waals surface area contributed by atoms with Crippen molar-refractivity contribution in [3.05, 3.63) is 94.5 Å². The number of ether oxygens (including phenoxy) is 1. The van der Waals surface area contributed by atoms with E-state index in [1.165, 1.54) is 48.1 Å². The van der Waals surface area contributed by atoms with Crippen LogP contribution in [0.5, 0.6) is 5.75 Å². The molecular weight excluding hydrogens is 342 g/mol. The summed E-state index contributed by atoms with van der Waals surface area (Å²) in [7, 11) is 0. The van der Waals surface area contributed by atoms with Gasteiger partial charge in [-0.05, 0) is 54.0 Å². The molecule has 140 valence electrons. The number of aryl methyl sites for hydroxylation is 1. The molecule has 1 N–H and O–H groups in total. The lowest BCUT2D eigenvalue weighted by Crippen LogP contribution is -2.39. The molecule has 0 saturated heterocycles. The molecule has 28 heavy (non-hydrogen) atoms. The summed E-state index contributed by atoms with van der Waals surface area (Å²) in [6.07, 6.45) is 5.03. The van der Waals surface area contributed by atoms with E-state index in [1.54, 1.807) is 11.1 Å². The minimum absolute atomic E-state index is 0.302. The van der Waals surface area contributed by atoms with Crippen molar-refractivity contribution in [3.63, 3.8) is 0 Å². The lowest BCUT2D eigenvalue weighted by atomic mass is 9.70. The Labute approximate surface area is 166 Å². The molecule has 0 aromatic heterocycles. The largest absolute Gasteiger partial charge is 0.493 e. The van der Waals surface area contributed by atoms with Crippen LogP contribution in [0.1, 0.15) is 52.6 Å². The molecule has 3 aliphatic rings. The molecule has 2 heterocycles. The van der Waals surface area contributed by atoms with Crippen molar-refractivity contribution >= 4 is 5.69 Å². The predicted octanol–water partition coefficient (Wildman–Crippen LogP) is 5.87. The summed E-state index contributed by atoms with van der Waals surface area (Å²) in [5, 5.41) is 4.00. The Morgan fingerprint density at radius 2 is 1.61 bits per heavy atom. The van der Waals surface area contributed by atoms with Crippen LogP contribution in [-0.2, 0) is 12.8 Å². The molecule has 0 bridgehead atoms. The Hall–Kier alpha value is -2.74. The van der Waals surface area contributed by atoms with Crippen LogP contribution in [0.4, 0.5) is 5.69 Å². The molecule has 6 rings (SSSR count). The minimum Gasteiger partial charge on any atom is -0.493 e. The fraction of sp³-hybridized carbons (Fsp3) is 0.308. The first-order chi connectivity index (χ1) is 13.9. The first-order valence-electron chi connectivity index (χ1n) is 10.6. The Kier molecular flexibility index (Phi) is 3.72. The first-order valence-corrected chi connectivity index (χ1v) is 10.6. The van der Waals surface area contributed by atoms with Gasteiger partial charge in [0.15, 0.2) is 0 Å². The van der Waals surface area contributed by atoms with Crippen molar-refractivity contribution in [1.29, 1.82) is 0 Å². The van der Waals surface area contributed by atoms with E-state index in [0.717, 1.165) is 12.4 Å². The maximum Gasteiger partial charge on any atom is 0.124 e. The molecule has 3 aromatic carbocycles. The fourth-order valence-electron chi connectivity index (χ4n) is 5.60. The third kappa shape index (κ3) is 2.40. The average Bonchev–Trinajstić information content (AvgIpc) is 2.78. The Morgan fingerprint density at radius 3 is 2.54 bits per heavy atom. The monoisotopic (exact) mass is 367 g/mol. The maximum absolute atomic E-state index is 6.23. The number of benzene rings is 3. The summed E-state index contributed by atoms with van der Waals surface area (Å²) in [5.41, 5.74) is 8.67. The quantitative estimate of drug-likeness (QED) is 0.580. The van der Waals surface area contributed by atoms with Crippen molar-refractivity contribution in [1.82, 2.24) is 0 Å². The normalized spacial score (nSPS) is 24.6. The lowest BCUT2D eigenvalue weighted by Gasteiger charge is -2.45. The minimum atomic E-state index is 0.302. The van der Waals surface area contributed by atoms with E-state index in [1.807, 2.05) is 0 Å². The van der Waals surface area contributed by atoms with Crippen molar-refractivity contribution < 1.29 is 4.74 Å². The number of para-hydroxylation sites is 1. The highest BCUT2D eigenvalue weighted by molar-refractivity contribution is 5.68. The number of hydrogen-bond acceptors (Lipinski definition) is 2. The van der Waals surface area contributed by atoms with E-state index < -0.39 is 0 Å². The van der Waals surface area contributed by atoms with Crippen LogP contribution < -0.4 is 10.1 Å². The summed E-state index contributed by atoms with van der Waals surface area (Å²) in [6.45, 7) is 0.755. The van der Waals surface area contributed by atoms with Gasteiger partial charge in [-0.2, -0.15) is 0 Å². The van der Waals surface area contributed by atoms with Gasteiger partial charge in [-0.3, -0.25) is 0 Å². The number of anilines is 1. The van der Waals surface area contributed by atoms with E-state index in [9.17, 15) is 0 Å². The topological polar surface area (TPSA) is 21.3 Å². The zero-order chi connectivity index (χ0) is 18.5. The third-order valence-corrected chi connectivity index (χ3v) is 6.90. The van der Waals surface area contributed by atoms with E-state index in [-0.39, 0.29) is 0 Å². The first kappa shape index (κ1) is 16.2. The fourth-order valence-corrected chi connectivity index (χ4v) is 5.60.